The number of rotatable bonds is 6. The van der Waals surface area contributed by atoms with Gasteiger partial charge in [-0.1, -0.05) is 23.7 Å². The van der Waals surface area contributed by atoms with Gasteiger partial charge in [0.2, 0.25) is 0 Å². The molecule has 3 aromatic rings. The Hall–Kier alpha value is -2.97. The van der Waals surface area contributed by atoms with Crippen LogP contribution in [0.4, 0.5) is 5.69 Å². The smallest absolute Gasteiger partial charge is 0.288 e. The van der Waals surface area contributed by atoms with Crippen LogP contribution in [-0.4, -0.2) is 32.3 Å². The van der Waals surface area contributed by atoms with E-state index in [-0.39, 0.29) is 34.8 Å². The molecule has 0 saturated carbocycles. The quantitative estimate of drug-likeness (QED) is 0.487. The van der Waals surface area contributed by atoms with Crippen LogP contribution in [-0.2, 0) is 6.54 Å². The van der Waals surface area contributed by atoms with Gasteiger partial charge in [0.15, 0.2) is 0 Å². The number of aryl methyl sites for hydroxylation is 2. The second-order valence-electron chi connectivity index (χ2n) is 6.90. The summed E-state index contributed by atoms with van der Waals surface area (Å²) in [5.74, 6) is 0.707. The lowest BCUT2D eigenvalue weighted by atomic mass is 10.1. The molecule has 0 amide bonds. The second kappa shape index (κ2) is 8.18. The van der Waals surface area contributed by atoms with E-state index in [1.54, 1.807) is 0 Å². The number of aliphatic hydroxyl groups excluding tert-OH is 1. The van der Waals surface area contributed by atoms with Gasteiger partial charge in [-0.2, -0.15) is 0 Å². The highest BCUT2D eigenvalue weighted by atomic mass is 35.5. The van der Waals surface area contributed by atoms with Crippen LogP contribution in [0.5, 0.6) is 5.75 Å². The summed E-state index contributed by atoms with van der Waals surface area (Å²) >= 11 is 5.86. The number of halogens is 1. The van der Waals surface area contributed by atoms with Crippen LogP contribution in [0.15, 0.2) is 35.4 Å². The van der Waals surface area contributed by atoms with Gasteiger partial charge in [0.05, 0.1) is 28.7 Å². The maximum absolute atomic E-state index is 12.7. The fourth-order valence-corrected chi connectivity index (χ4v) is 3.27. The van der Waals surface area contributed by atoms with Gasteiger partial charge in [-0.15, -0.1) is 0 Å². The number of fused-ring (bicyclic) bond motifs is 1. The molecule has 0 spiro atoms. The van der Waals surface area contributed by atoms with Crippen molar-refractivity contribution in [2.75, 3.05) is 6.61 Å². The molecule has 3 rings (SSSR count). The third-order valence-electron chi connectivity index (χ3n) is 4.79. The molecule has 1 N–H and O–H groups in total. The second-order valence-corrected chi connectivity index (χ2v) is 7.31. The highest BCUT2D eigenvalue weighted by molar-refractivity contribution is 6.33. The Kier molecular flexibility index (Phi) is 5.86. The summed E-state index contributed by atoms with van der Waals surface area (Å²) in [6.07, 6.45) is 0.299. The van der Waals surface area contributed by atoms with Crippen molar-refractivity contribution in [2.24, 2.45) is 0 Å². The standard InChI is InChI=1S/C20H20ClN3O5/c1-11-4-5-12(2)19(13(11)3)29-9-14(25)8-23-10-22-17-7-16(21)18(24(27)28)6-15(17)20(23)26/h4-7,10,14,25H,8-9H2,1-3H3/t14-/m0/s1. The molecule has 8 nitrogen and oxygen atoms in total. The zero-order valence-corrected chi connectivity index (χ0v) is 16.9. The fraction of sp³-hybridized carbons (Fsp3) is 0.300. The number of ether oxygens (including phenoxy) is 1. The first-order valence-electron chi connectivity index (χ1n) is 8.89. The Morgan fingerprint density at radius 2 is 1.97 bits per heavy atom. The Bertz CT molecular complexity index is 1160. The molecule has 152 valence electrons. The van der Waals surface area contributed by atoms with Crippen molar-refractivity contribution < 1.29 is 14.8 Å². The largest absolute Gasteiger partial charge is 0.490 e. The molecule has 1 atom stereocenters. The molecule has 0 saturated heterocycles. The topological polar surface area (TPSA) is 107 Å². The van der Waals surface area contributed by atoms with E-state index in [2.05, 4.69) is 4.98 Å². The summed E-state index contributed by atoms with van der Waals surface area (Å²) in [6.45, 7) is 5.76. The van der Waals surface area contributed by atoms with Crippen LogP contribution in [0.3, 0.4) is 0 Å². The normalized spacial score (nSPS) is 12.2. The lowest BCUT2D eigenvalue weighted by Crippen LogP contribution is -2.30. The van der Waals surface area contributed by atoms with Crippen LogP contribution >= 0.6 is 11.6 Å². The van der Waals surface area contributed by atoms with Crippen molar-refractivity contribution in [3.8, 4) is 5.75 Å². The Balaban J connectivity index is 1.82. The van der Waals surface area contributed by atoms with Gasteiger partial charge in [-0.3, -0.25) is 19.5 Å². The summed E-state index contributed by atoms with van der Waals surface area (Å²) in [7, 11) is 0. The average Bonchev–Trinajstić information content (AvgIpc) is 2.66. The number of aromatic nitrogens is 2. The molecule has 0 radical (unpaired) electrons. The highest BCUT2D eigenvalue weighted by Crippen LogP contribution is 2.28. The lowest BCUT2D eigenvalue weighted by Gasteiger charge is -2.17. The maximum atomic E-state index is 12.7. The number of hydrogen-bond donors (Lipinski definition) is 1. The van der Waals surface area contributed by atoms with Gasteiger partial charge in [-0.05, 0) is 43.5 Å². The summed E-state index contributed by atoms with van der Waals surface area (Å²) in [5, 5.41) is 21.4. The fourth-order valence-electron chi connectivity index (χ4n) is 3.05. The van der Waals surface area contributed by atoms with Crippen LogP contribution in [0.2, 0.25) is 5.02 Å². The molecule has 1 aromatic heterocycles. The Morgan fingerprint density at radius 3 is 2.66 bits per heavy atom. The SMILES string of the molecule is Cc1ccc(C)c(OC[C@@H](O)Cn2cnc3cc(Cl)c([N+](=O)[O-])cc3c2=O)c1C. The third kappa shape index (κ3) is 4.23. The maximum Gasteiger partial charge on any atom is 0.288 e. The number of benzene rings is 2. The van der Waals surface area contributed by atoms with Crippen LogP contribution in [0.25, 0.3) is 10.9 Å². The van der Waals surface area contributed by atoms with Crippen molar-refractivity contribution in [1.82, 2.24) is 9.55 Å². The van der Waals surface area contributed by atoms with Gasteiger partial charge in [0.1, 0.15) is 23.5 Å². The van der Waals surface area contributed by atoms with Crippen molar-refractivity contribution >= 4 is 28.2 Å². The van der Waals surface area contributed by atoms with E-state index in [9.17, 15) is 20.0 Å². The first-order valence-corrected chi connectivity index (χ1v) is 9.27. The monoisotopic (exact) mass is 417 g/mol. The number of aliphatic hydroxyl groups is 1. The third-order valence-corrected chi connectivity index (χ3v) is 5.09. The highest BCUT2D eigenvalue weighted by Gasteiger charge is 2.18. The molecule has 0 aliphatic carbocycles. The molecule has 9 heteroatoms. The average molecular weight is 418 g/mol. The van der Waals surface area contributed by atoms with E-state index in [0.29, 0.717) is 5.75 Å². The van der Waals surface area contributed by atoms with Gasteiger partial charge >= 0.3 is 0 Å². The summed E-state index contributed by atoms with van der Waals surface area (Å²) in [5.41, 5.74) is 2.40. The van der Waals surface area contributed by atoms with Crippen LogP contribution in [0.1, 0.15) is 16.7 Å². The van der Waals surface area contributed by atoms with E-state index in [0.717, 1.165) is 22.8 Å². The van der Waals surface area contributed by atoms with Crippen molar-refractivity contribution in [2.45, 2.75) is 33.4 Å². The number of hydrogen-bond acceptors (Lipinski definition) is 6. The zero-order chi connectivity index (χ0) is 21.3. The van der Waals surface area contributed by atoms with Crippen LogP contribution in [0, 0.1) is 30.9 Å². The minimum atomic E-state index is -0.978. The van der Waals surface area contributed by atoms with Crippen molar-refractivity contribution in [3.63, 3.8) is 0 Å². The molecular weight excluding hydrogens is 398 g/mol. The molecule has 29 heavy (non-hydrogen) atoms. The van der Waals surface area contributed by atoms with Gasteiger partial charge in [0.25, 0.3) is 11.2 Å². The van der Waals surface area contributed by atoms with E-state index in [4.69, 9.17) is 16.3 Å². The van der Waals surface area contributed by atoms with Gasteiger partial charge in [-0.25, -0.2) is 4.98 Å². The van der Waals surface area contributed by atoms with E-state index in [1.807, 2.05) is 32.9 Å². The van der Waals surface area contributed by atoms with Gasteiger partial charge < -0.3 is 9.84 Å². The Morgan fingerprint density at radius 1 is 1.28 bits per heavy atom. The molecule has 0 fully saturated rings. The van der Waals surface area contributed by atoms with E-state index >= 15 is 0 Å². The first kappa shape index (κ1) is 20.8. The molecule has 0 aliphatic heterocycles. The molecule has 1 heterocycles. The predicted molar refractivity (Wildman–Crippen MR) is 110 cm³/mol. The summed E-state index contributed by atoms with van der Waals surface area (Å²) in [6, 6.07) is 6.33. The molecule has 2 aromatic carbocycles. The predicted octanol–water partition coefficient (Wildman–Crippen LogP) is 3.32. The molecular formula is C20H20ClN3O5. The minimum Gasteiger partial charge on any atom is -0.490 e. The Labute approximate surface area is 171 Å². The summed E-state index contributed by atoms with van der Waals surface area (Å²) in [4.78, 5) is 27.2. The number of nitro benzene ring substituents is 1. The first-order chi connectivity index (χ1) is 13.7. The van der Waals surface area contributed by atoms with Crippen molar-refractivity contribution in [3.05, 3.63) is 72.8 Å². The molecule has 0 bridgehead atoms. The summed E-state index contributed by atoms with van der Waals surface area (Å²) < 4.78 is 6.98. The molecule has 0 aliphatic rings. The van der Waals surface area contributed by atoms with Crippen molar-refractivity contribution in [1.29, 1.82) is 0 Å². The number of nitrogens with zero attached hydrogens (tertiary/aromatic N) is 3. The minimum absolute atomic E-state index is 0.0175. The zero-order valence-electron chi connectivity index (χ0n) is 16.2. The van der Waals surface area contributed by atoms with Gasteiger partial charge in [0, 0.05) is 6.07 Å². The van der Waals surface area contributed by atoms with E-state index in [1.165, 1.54) is 17.0 Å². The number of nitro groups is 1. The van der Waals surface area contributed by atoms with Crippen LogP contribution < -0.4 is 10.3 Å². The van der Waals surface area contributed by atoms with E-state index < -0.39 is 16.6 Å². The molecule has 0 unspecified atom stereocenters. The lowest BCUT2D eigenvalue weighted by molar-refractivity contribution is -0.384.